The van der Waals surface area contributed by atoms with Gasteiger partial charge in [0, 0.05) is 25.2 Å². The highest BCUT2D eigenvalue weighted by Crippen LogP contribution is 2.33. The minimum Gasteiger partial charge on any atom is -0.495 e. The fourth-order valence-corrected chi connectivity index (χ4v) is 4.39. The second kappa shape index (κ2) is 9.37. The number of benzene rings is 1. The van der Waals surface area contributed by atoms with E-state index in [1.165, 1.54) is 0 Å². The largest absolute Gasteiger partial charge is 0.495 e. The Bertz CT molecular complexity index is 940. The molecule has 4 rings (SSSR count). The number of rotatable bonds is 6. The molecule has 31 heavy (non-hydrogen) atoms. The fraction of sp³-hybridized carbons (Fsp3) is 0.458. The summed E-state index contributed by atoms with van der Waals surface area (Å²) in [5.74, 6) is 1.03. The van der Waals surface area contributed by atoms with Gasteiger partial charge in [0.2, 0.25) is 11.8 Å². The van der Waals surface area contributed by atoms with Gasteiger partial charge in [-0.15, -0.1) is 0 Å². The zero-order chi connectivity index (χ0) is 21.8. The molecule has 1 aromatic heterocycles. The van der Waals surface area contributed by atoms with E-state index in [1.807, 2.05) is 43.3 Å². The van der Waals surface area contributed by atoms with Crippen LogP contribution in [0.5, 0.6) is 11.5 Å². The maximum atomic E-state index is 12.8. The average molecular weight is 424 g/mol. The van der Waals surface area contributed by atoms with Gasteiger partial charge >= 0.3 is 0 Å². The summed E-state index contributed by atoms with van der Waals surface area (Å²) in [7, 11) is 1.58. The smallest absolute Gasteiger partial charge is 0.227 e. The highest BCUT2D eigenvalue weighted by Gasteiger charge is 2.37. The van der Waals surface area contributed by atoms with Gasteiger partial charge in [-0.05, 0) is 56.9 Å². The summed E-state index contributed by atoms with van der Waals surface area (Å²) in [4.78, 5) is 31.3. The number of ether oxygens (including phenoxy) is 2. The van der Waals surface area contributed by atoms with E-state index in [-0.39, 0.29) is 36.3 Å². The number of aromatic nitrogens is 1. The first-order chi connectivity index (χ1) is 15.0. The van der Waals surface area contributed by atoms with Crippen molar-refractivity contribution in [3.8, 4) is 11.5 Å². The van der Waals surface area contributed by atoms with Crippen molar-refractivity contribution in [3.05, 3.63) is 48.3 Å². The number of carbonyl (C=O) groups is 2. The van der Waals surface area contributed by atoms with Crippen LogP contribution < -0.4 is 19.7 Å². The maximum Gasteiger partial charge on any atom is 0.227 e. The number of hydrogen-bond acceptors (Lipinski definition) is 5. The van der Waals surface area contributed by atoms with Crippen molar-refractivity contribution in [3.63, 3.8) is 0 Å². The van der Waals surface area contributed by atoms with Crippen LogP contribution in [0.2, 0.25) is 0 Å². The second-order valence-electron chi connectivity index (χ2n) is 8.26. The summed E-state index contributed by atoms with van der Waals surface area (Å²) in [5, 5.41) is 3.16. The molecular weight excluding hydrogens is 394 g/mol. The first-order valence-corrected chi connectivity index (χ1v) is 10.9. The van der Waals surface area contributed by atoms with E-state index >= 15 is 0 Å². The van der Waals surface area contributed by atoms with Gasteiger partial charge in [0.1, 0.15) is 11.5 Å². The first kappa shape index (κ1) is 21.2. The number of para-hydroxylation sites is 2. The number of carbonyl (C=O) groups excluding carboxylic acids is 2. The Hall–Kier alpha value is -3.09. The number of nitrogens with zero attached hydrogens (tertiary/aromatic N) is 2. The van der Waals surface area contributed by atoms with Crippen LogP contribution in [0.4, 0.5) is 5.69 Å². The van der Waals surface area contributed by atoms with E-state index in [0.29, 0.717) is 18.0 Å². The van der Waals surface area contributed by atoms with Crippen LogP contribution in [-0.2, 0) is 9.59 Å². The first-order valence-electron chi connectivity index (χ1n) is 10.9. The predicted octanol–water partition coefficient (Wildman–Crippen LogP) is 3.26. The molecule has 164 valence electrons. The number of methoxy groups -OCH3 is 1. The van der Waals surface area contributed by atoms with E-state index in [0.717, 1.165) is 37.1 Å². The molecule has 2 aliphatic rings. The molecule has 1 saturated carbocycles. The van der Waals surface area contributed by atoms with Crippen molar-refractivity contribution in [2.24, 2.45) is 5.92 Å². The highest BCUT2D eigenvalue weighted by molar-refractivity contribution is 6.01. The van der Waals surface area contributed by atoms with Gasteiger partial charge in [0.15, 0.2) is 0 Å². The molecule has 1 N–H and O–H groups in total. The van der Waals surface area contributed by atoms with Gasteiger partial charge in [-0.1, -0.05) is 12.1 Å². The summed E-state index contributed by atoms with van der Waals surface area (Å²) >= 11 is 0. The van der Waals surface area contributed by atoms with E-state index in [9.17, 15) is 9.59 Å². The van der Waals surface area contributed by atoms with Gasteiger partial charge in [-0.25, -0.2) is 0 Å². The summed E-state index contributed by atoms with van der Waals surface area (Å²) in [6, 6.07) is 11.4. The molecular formula is C24H29N3O4. The number of nitrogens with one attached hydrogen (secondary N) is 1. The minimum atomic E-state index is -0.343. The molecule has 2 aromatic rings. The zero-order valence-corrected chi connectivity index (χ0v) is 18.0. The molecule has 1 unspecified atom stereocenters. The Morgan fingerprint density at radius 3 is 2.58 bits per heavy atom. The van der Waals surface area contributed by atoms with Crippen molar-refractivity contribution in [2.75, 3.05) is 18.6 Å². The topological polar surface area (TPSA) is 80.8 Å². The molecule has 1 aliphatic heterocycles. The van der Waals surface area contributed by atoms with Gasteiger partial charge < -0.3 is 19.7 Å². The van der Waals surface area contributed by atoms with Crippen molar-refractivity contribution < 1.29 is 19.1 Å². The Labute approximate surface area is 182 Å². The molecule has 7 heteroatoms. The molecule has 2 heterocycles. The molecule has 0 bridgehead atoms. The fourth-order valence-electron chi connectivity index (χ4n) is 4.39. The zero-order valence-electron chi connectivity index (χ0n) is 18.0. The summed E-state index contributed by atoms with van der Waals surface area (Å²) in [6.07, 6.45) is 5.64. The Kier molecular flexibility index (Phi) is 6.39. The normalized spacial score (nSPS) is 23.5. The minimum absolute atomic E-state index is 0.0433. The summed E-state index contributed by atoms with van der Waals surface area (Å²) in [5.41, 5.74) is 1.61. The monoisotopic (exact) mass is 423 g/mol. The SMILES string of the molecule is COc1ccccc1N1CC(C(=O)NC2CCC(Oc3cccnc3C)CC2)CC1=O. The number of aryl methyl sites for hydroxylation is 1. The molecule has 7 nitrogen and oxygen atoms in total. The van der Waals surface area contributed by atoms with E-state index in [2.05, 4.69) is 10.3 Å². The van der Waals surface area contributed by atoms with Gasteiger partial charge in [-0.2, -0.15) is 0 Å². The van der Waals surface area contributed by atoms with Crippen LogP contribution in [0, 0.1) is 12.8 Å². The molecule has 1 aromatic carbocycles. The Balaban J connectivity index is 1.29. The number of amides is 2. The van der Waals surface area contributed by atoms with Gasteiger partial charge in [-0.3, -0.25) is 14.6 Å². The second-order valence-corrected chi connectivity index (χ2v) is 8.26. The van der Waals surface area contributed by atoms with Crippen LogP contribution in [0.3, 0.4) is 0 Å². The maximum absolute atomic E-state index is 12.8. The lowest BCUT2D eigenvalue weighted by Gasteiger charge is -2.30. The number of pyridine rings is 1. The molecule has 2 fully saturated rings. The predicted molar refractivity (Wildman–Crippen MR) is 117 cm³/mol. The molecule has 1 saturated heterocycles. The molecule has 0 radical (unpaired) electrons. The number of hydrogen-bond donors (Lipinski definition) is 1. The van der Waals surface area contributed by atoms with E-state index < -0.39 is 0 Å². The average Bonchev–Trinajstić information content (AvgIpc) is 3.18. The third kappa shape index (κ3) is 4.81. The molecule has 1 aliphatic carbocycles. The third-order valence-electron chi connectivity index (χ3n) is 6.14. The quantitative estimate of drug-likeness (QED) is 0.771. The van der Waals surface area contributed by atoms with E-state index in [1.54, 1.807) is 18.2 Å². The third-order valence-corrected chi connectivity index (χ3v) is 6.14. The summed E-state index contributed by atoms with van der Waals surface area (Å²) < 4.78 is 11.5. The van der Waals surface area contributed by atoms with Crippen molar-refractivity contribution >= 4 is 17.5 Å². The van der Waals surface area contributed by atoms with Crippen molar-refractivity contribution in [1.82, 2.24) is 10.3 Å². The Morgan fingerprint density at radius 1 is 1.10 bits per heavy atom. The lowest BCUT2D eigenvalue weighted by molar-refractivity contribution is -0.127. The van der Waals surface area contributed by atoms with Crippen molar-refractivity contribution in [2.45, 2.75) is 51.2 Å². The lowest BCUT2D eigenvalue weighted by atomic mass is 9.92. The van der Waals surface area contributed by atoms with Crippen LogP contribution in [0.1, 0.15) is 37.8 Å². The molecule has 0 spiro atoms. The van der Waals surface area contributed by atoms with Crippen LogP contribution >= 0.6 is 0 Å². The van der Waals surface area contributed by atoms with E-state index in [4.69, 9.17) is 9.47 Å². The van der Waals surface area contributed by atoms with Crippen LogP contribution in [-0.4, -0.2) is 42.6 Å². The van der Waals surface area contributed by atoms with Crippen LogP contribution in [0.15, 0.2) is 42.6 Å². The Morgan fingerprint density at radius 2 is 1.84 bits per heavy atom. The number of anilines is 1. The lowest BCUT2D eigenvalue weighted by Crippen LogP contribution is -2.43. The van der Waals surface area contributed by atoms with Gasteiger partial charge in [0.05, 0.1) is 30.5 Å². The standard InChI is InChI=1S/C24H29N3O4/c1-16-21(8-5-13-25-16)31-19-11-9-18(10-12-19)26-24(29)17-14-23(28)27(15-17)20-6-3-4-7-22(20)30-2/h3-8,13,17-19H,9-12,14-15H2,1-2H3,(H,26,29). The summed E-state index contributed by atoms with van der Waals surface area (Å²) in [6.45, 7) is 2.32. The molecule has 1 atom stereocenters. The van der Waals surface area contributed by atoms with Crippen LogP contribution in [0.25, 0.3) is 0 Å². The van der Waals surface area contributed by atoms with Crippen molar-refractivity contribution in [1.29, 1.82) is 0 Å². The van der Waals surface area contributed by atoms with Gasteiger partial charge in [0.25, 0.3) is 0 Å². The molecule has 2 amide bonds. The highest BCUT2D eigenvalue weighted by atomic mass is 16.5.